The molecule has 1 fully saturated rings. The van der Waals surface area contributed by atoms with Crippen LogP contribution in [0, 0.1) is 12.8 Å². The smallest absolute Gasteiger partial charge is 0.333 e. The molecule has 1 unspecified atom stereocenters. The molecular weight excluding hydrogens is 498 g/mol. The monoisotopic (exact) mass is 527 g/mol. The predicted octanol–water partition coefficient (Wildman–Crippen LogP) is 3.11. The molecule has 5 rings (SSSR count). The van der Waals surface area contributed by atoms with Crippen LogP contribution in [0.25, 0.3) is 0 Å². The summed E-state index contributed by atoms with van der Waals surface area (Å²) in [7, 11) is -3.95. The number of ketones is 1. The maximum absolute atomic E-state index is 13.6. The summed E-state index contributed by atoms with van der Waals surface area (Å²) in [6, 6.07) is 10.6. The number of anilines is 1. The summed E-state index contributed by atoms with van der Waals surface area (Å²) < 4.78 is 26.9. The van der Waals surface area contributed by atoms with Crippen molar-refractivity contribution in [2.24, 2.45) is 11.1 Å². The van der Waals surface area contributed by atoms with Crippen LogP contribution in [0.1, 0.15) is 62.1 Å². The Labute approximate surface area is 214 Å². The number of carbonyl (C=O) groups excluding carboxylic acids is 1. The van der Waals surface area contributed by atoms with Crippen LogP contribution in [0.15, 0.2) is 42.9 Å². The van der Waals surface area contributed by atoms with E-state index in [1.807, 2.05) is 6.07 Å². The quantitative estimate of drug-likeness (QED) is 0.380. The Morgan fingerprint density at radius 3 is 2.94 bits per heavy atom. The van der Waals surface area contributed by atoms with Crippen LogP contribution in [0.3, 0.4) is 0 Å². The van der Waals surface area contributed by atoms with E-state index in [2.05, 4.69) is 51.8 Å². The van der Waals surface area contributed by atoms with E-state index in [1.165, 1.54) is 28.8 Å². The van der Waals surface area contributed by atoms with E-state index < -0.39 is 10.3 Å². The lowest BCUT2D eigenvalue weighted by Gasteiger charge is -2.27. The van der Waals surface area contributed by atoms with Gasteiger partial charge in [-0.2, -0.15) is 8.42 Å². The van der Waals surface area contributed by atoms with Crippen LogP contribution >= 0.6 is 11.3 Å². The first-order valence-electron chi connectivity index (χ1n) is 12.0. The molecule has 1 aromatic carbocycles. The Bertz CT molecular complexity index is 1370. The fraction of sp³-hybridized carbons (Fsp3) is 0.400. The minimum atomic E-state index is -3.95. The van der Waals surface area contributed by atoms with Gasteiger partial charge in [0.05, 0.1) is 23.1 Å². The number of nitrogens with one attached hydrogen (secondary N) is 2. The van der Waals surface area contributed by atoms with Crippen molar-refractivity contribution in [1.82, 2.24) is 15.3 Å². The minimum absolute atomic E-state index is 0.0455. The van der Waals surface area contributed by atoms with Crippen molar-refractivity contribution in [2.75, 3.05) is 18.5 Å². The van der Waals surface area contributed by atoms with E-state index in [-0.39, 0.29) is 30.4 Å². The maximum atomic E-state index is 13.6. The highest BCUT2D eigenvalue weighted by molar-refractivity contribution is 7.84. The van der Waals surface area contributed by atoms with Gasteiger partial charge in [-0.3, -0.25) is 8.98 Å². The van der Waals surface area contributed by atoms with Gasteiger partial charge in [-0.25, -0.2) is 15.1 Å². The van der Waals surface area contributed by atoms with Crippen LogP contribution in [0.2, 0.25) is 0 Å². The van der Waals surface area contributed by atoms with Crippen LogP contribution in [-0.4, -0.2) is 43.4 Å². The molecule has 3 atom stereocenters. The molecule has 190 valence electrons. The van der Waals surface area contributed by atoms with Gasteiger partial charge in [-0.15, -0.1) is 11.3 Å². The second-order valence-electron chi connectivity index (χ2n) is 9.37. The third-order valence-electron chi connectivity index (χ3n) is 6.91. The van der Waals surface area contributed by atoms with Gasteiger partial charge in [-0.05, 0) is 61.3 Å². The van der Waals surface area contributed by atoms with Gasteiger partial charge < -0.3 is 10.6 Å². The Kier molecular flexibility index (Phi) is 7.18. The van der Waals surface area contributed by atoms with Crippen molar-refractivity contribution in [2.45, 2.75) is 44.7 Å². The lowest BCUT2D eigenvalue weighted by molar-refractivity contribution is 0.104. The Balaban J connectivity index is 1.33. The average molecular weight is 528 g/mol. The highest BCUT2D eigenvalue weighted by Crippen LogP contribution is 2.36. The second kappa shape index (κ2) is 10.3. The van der Waals surface area contributed by atoms with Crippen molar-refractivity contribution in [3.63, 3.8) is 0 Å². The highest BCUT2D eigenvalue weighted by atomic mass is 32.2. The van der Waals surface area contributed by atoms with Crippen LogP contribution in [-0.2, 0) is 20.9 Å². The van der Waals surface area contributed by atoms with E-state index in [0.29, 0.717) is 22.7 Å². The Morgan fingerprint density at radius 2 is 2.11 bits per heavy atom. The van der Waals surface area contributed by atoms with Crippen LogP contribution in [0.4, 0.5) is 5.82 Å². The van der Waals surface area contributed by atoms with Gasteiger partial charge in [0.15, 0.2) is 0 Å². The largest absolute Gasteiger partial charge is 0.367 e. The van der Waals surface area contributed by atoms with E-state index >= 15 is 0 Å². The van der Waals surface area contributed by atoms with Gasteiger partial charge in [0.1, 0.15) is 12.1 Å². The molecular formula is C25H29N5O4S2. The average Bonchev–Trinajstić information content (AvgIpc) is 3.48. The van der Waals surface area contributed by atoms with Gasteiger partial charge in [-0.1, -0.05) is 24.3 Å². The number of rotatable bonds is 8. The first-order valence-corrected chi connectivity index (χ1v) is 14.3. The molecule has 1 aliphatic heterocycles. The Morgan fingerprint density at radius 1 is 1.28 bits per heavy atom. The summed E-state index contributed by atoms with van der Waals surface area (Å²) in [4.78, 5) is 23.8. The number of thiophene rings is 1. The summed E-state index contributed by atoms with van der Waals surface area (Å²) in [6.07, 6.45) is 6.27. The lowest BCUT2D eigenvalue weighted by atomic mass is 9.90. The summed E-state index contributed by atoms with van der Waals surface area (Å²) in [5.41, 5.74) is 4.14. The van der Waals surface area contributed by atoms with Crippen LogP contribution in [0.5, 0.6) is 0 Å². The number of aryl methyl sites for hydroxylation is 1. The molecule has 0 amide bonds. The number of hydrogen-bond acceptors (Lipinski definition) is 9. The molecule has 3 aromatic rings. The van der Waals surface area contributed by atoms with Crippen molar-refractivity contribution >= 4 is 33.2 Å². The molecule has 2 aromatic heterocycles. The molecule has 2 aliphatic rings. The Hall–Kier alpha value is -2.70. The normalized spacial score (nSPS) is 21.8. The summed E-state index contributed by atoms with van der Waals surface area (Å²) >= 11 is 1.49. The standard InChI is InChI=1S/C25H29N5O4S2/c1-15-20(23-19-5-3-2-4-17(19)8-9-28-23)11-22(35-15)24(31)21-12-27-14-29-25(21)30-18-7-6-16(10-18)13-34-36(26,32)33/h2-5,11-12,14,16,18,23,28H,6-10,13H2,1H3,(H2,26,32,33)(H,27,29,30)/t16-,18+,23?/m1/s1. The molecule has 1 aliphatic carbocycles. The summed E-state index contributed by atoms with van der Waals surface area (Å²) in [6.45, 7) is 3.01. The van der Waals surface area contributed by atoms with Crippen molar-refractivity contribution in [1.29, 1.82) is 0 Å². The first-order chi connectivity index (χ1) is 17.3. The molecule has 1 saturated carbocycles. The molecule has 0 radical (unpaired) electrons. The zero-order valence-corrected chi connectivity index (χ0v) is 21.6. The summed E-state index contributed by atoms with van der Waals surface area (Å²) in [5.74, 6) is 0.436. The molecule has 0 spiro atoms. The third-order valence-corrected chi connectivity index (χ3v) is 8.44. The number of nitrogens with zero attached hydrogens (tertiary/aromatic N) is 2. The number of hydrogen-bond donors (Lipinski definition) is 3. The number of nitrogens with two attached hydrogens (primary N) is 1. The van der Waals surface area contributed by atoms with E-state index in [4.69, 9.17) is 9.32 Å². The fourth-order valence-corrected chi connectivity index (χ4v) is 6.56. The number of fused-ring (bicyclic) bond motifs is 1. The highest BCUT2D eigenvalue weighted by Gasteiger charge is 2.29. The molecule has 3 heterocycles. The van der Waals surface area contributed by atoms with Crippen molar-refractivity contribution < 1.29 is 17.4 Å². The molecule has 11 heteroatoms. The SMILES string of the molecule is Cc1sc(C(=O)c2cncnc2N[C@H]2CC[C@@H](COS(N)(=O)=O)C2)cc1C1NCCc2ccccc21. The third kappa shape index (κ3) is 5.50. The maximum Gasteiger partial charge on any atom is 0.333 e. The number of benzene rings is 1. The second-order valence-corrected chi connectivity index (χ2v) is 11.8. The number of aromatic nitrogens is 2. The lowest BCUT2D eigenvalue weighted by Crippen LogP contribution is -2.30. The minimum Gasteiger partial charge on any atom is -0.367 e. The molecule has 0 bridgehead atoms. The van der Waals surface area contributed by atoms with Crippen molar-refractivity contribution in [3.8, 4) is 0 Å². The van der Waals surface area contributed by atoms with Gasteiger partial charge in [0.2, 0.25) is 5.78 Å². The zero-order valence-electron chi connectivity index (χ0n) is 19.9. The molecule has 4 N–H and O–H groups in total. The zero-order chi connectivity index (χ0) is 25.3. The van der Waals surface area contributed by atoms with E-state index in [1.54, 1.807) is 6.20 Å². The first kappa shape index (κ1) is 25.0. The van der Waals surface area contributed by atoms with Gasteiger partial charge in [0, 0.05) is 23.7 Å². The molecule has 9 nitrogen and oxygen atoms in total. The van der Waals surface area contributed by atoms with Crippen LogP contribution < -0.4 is 15.8 Å². The molecule has 0 saturated heterocycles. The van der Waals surface area contributed by atoms with E-state index in [0.717, 1.165) is 36.2 Å². The van der Waals surface area contributed by atoms with Gasteiger partial charge in [0.25, 0.3) is 0 Å². The molecule has 36 heavy (non-hydrogen) atoms. The topological polar surface area (TPSA) is 136 Å². The van der Waals surface area contributed by atoms with Crippen molar-refractivity contribution in [3.05, 3.63) is 74.9 Å². The van der Waals surface area contributed by atoms with E-state index in [9.17, 15) is 13.2 Å². The predicted molar refractivity (Wildman–Crippen MR) is 138 cm³/mol. The number of carbonyl (C=O) groups is 1. The van der Waals surface area contributed by atoms with Gasteiger partial charge >= 0.3 is 10.3 Å². The summed E-state index contributed by atoms with van der Waals surface area (Å²) in [5, 5.41) is 11.9. The fourth-order valence-electron chi connectivity index (χ4n) is 5.16.